The molecule has 2 saturated carbocycles. The third kappa shape index (κ3) is 5.45. The van der Waals surface area contributed by atoms with Gasteiger partial charge in [-0.3, -0.25) is 10.1 Å². The van der Waals surface area contributed by atoms with Gasteiger partial charge in [-0.2, -0.15) is 0 Å². The molecule has 7 unspecified atom stereocenters. The summed E-state index contributed by atoms with van der Waals surface area (Å²) in [7, 11) is 0. The van der Waals surface area contributed by atoms with E-state index in [0.717, 1.165) is 51.7 Å². The summed E-state index contributed by atoms with van der Waals surface area (Å²) in [6.45, 7) is 3.58. The lowest BCUT2D eigenvalue weighted by Gasteiger charge is -2.33. The number of halogens is 1. The standard InChI is InChI=1S/C23H41FN6O2/c24-16-4-5-18-19(13-32-20(18)11-16)27-23(31)15-2-1-3-17(10-15)26-12-21-28-22(30-29-21)14-6-8-25-9-7-14/h14-22,25-26,28-30H,1-13H2,(H,27,31)/t15?,16?,17?,18?,19-,20?,21?,22?/m1/s1. The van der Waals surface area contributed by atoms with E-state index in [9.17, 15) is 9.18 Å². The Morgan fingerprint density at radius 2 is 1.91 bits per heavy atom. The molecule has 5 aliphatic rings. The number of fused-ring (bicyclic) bond motifs is 1. The Hall–Kier alpha value is -0.840. The molecular formula is C23H41FN6O2. The van der Waals surface area contributed by atoms with E-state index in [-0.39, 0.29) is 36.1 Å². The van der Waals surface area contributed by atoms with E-state index in [1.807, 2.05) is 0 Å². The molecule has 0 radical (unpaired) electrons. The van der Waals surface area contributed by atoms with Gasteiger partial charge >= 0.3 is 0 Å². The van der Waals surface area contributed by atoms with Crippen LogP contribution in [0.3, 0.4) is 0 Å². The molecule has 32 heavy (non-hydrogen) atoms. The zero-order valence-corrected chi connectivity index (χ0v) is 19.1. The maximum Gasteiger partial charge on any atom is 0.223 e. The normalized spacial score (nSPS) is 43.2. The molecule has 2 aliphatic carbocycles. The molecule has 0 aromatic carbocycles. The fourth-order valence-corrected chi connectivity index (χ4v) is 6.49. The van der Waals surface area contributed by atoms with E-state index < -0.39 is 6.17 Å². The first-order valence-corrected chi connectivity index (χ1v) is 12.9. The predicted octanol–water partition coefficient (Wildman–Crippen LogP) is 0.506. The summed E-state index contributed by atoms with van der Waals surface area (Å²) in [5, 5.41) is 14.1. The Morgan fingerprint density at radius 3 is 2.78 bits per heavy atom. The number of carbonyl (C=O) groups excluding carboxylic acids is 1. The Balaban J connectivity index is 1.04. The van der Waals surface area contributed by atoms with Crippen molar-refractivity contribution in [3.05, 3.63) is 0 Å². The number of amides is 1. The molecule has 1 amide bonds. The third-order valence-electron chi connectivity index (χ3n) is 8.42. The van der Waals surface area contributed by atoms with Gasteiger partial charge in [0.25, 0.3) is 0 Å². The summed E-state index contributed by atoms with van der Waals surface area (Å²) >= 11 is 0. The average molecular weight is 453 g/mol. The summed E-state index contributed by atoms with van der Waals surface area (Å²) in [5.74, 6) is 1.17. The summed E-state index contributed by atoms with van der Waals surface area (Å²) in [6.07, 6.45) is 8.14. The van der Waals surface area contributed by atoms with Crippen LogP contribution in [0, 0.1) is 17.8 Å². The average Bonchev–Trinajstić information content (AvgIpc) is 3.45. The zero-order valence-electron chi connectivity index (χ0n) is 19.1. The molecule has 6 N–H and O–H groups in total. The van der Waals surface area contributed by atoms with Crippen LogP contribution in [-0.2, 0) is 9.53 Å². The maximum atomic E-state index is 13.7. The largest absolute Gasteiger partial charge is 0.376 e. The molecule has 0 spiro atoms. The fourth-order valence-electron chi connectivity index (χ4n) is 6.49. The number of hydrazine groups is 1. The quantitative estimate of drug-likeness (QED) is 0.349. The van der Waals surface area contributed by atoms with Gasteiger partial charge in [-0.05, 0) is 64.0 Å². The first-order chi connectivity index (χ1) is 15.7. The van der Waals surface area contributed by atoms with Crippen molar-refractivity contribution < 1.29 is 13.9 Å². The Morgan fingerprint density at radius 1 is 1.03 bits per heavy atom. The minimum Gasteiger partial charge on any atom is -0.376 e. The second-order valence-electron chi connectivity index (χ2n) is 10.6. The van der Waals surface area contributed by atoms with Crippen LogP contribution in [0.15, 0.2) is 0 Å². The second-order valence-corrected chi connectivity index (χ2v) is 10.6. The fraction of sp³-hybridized carbons (Fsp3) is 0.957. The van der Waals surface area contributed by atoms with Crippen molar-refractivity contribution in [2.24, 2.45) is 17.8 Å². The highest BCUT2D eigenvalue weighted by atomic mass is 19.1. The molecule has 8 atom stereocenters. The van der Waals surface area contributed by atoms with Gasteiger partial charge < -0.3 is 20.7 Å². The van der Waals surface area contributed by atoms with Gasteiger partial charge in [0, 0.05) is 30.8 Å². The van der Waals surface area contributed by atoms with Crippen molar-refractivity contribution in [1.82, 2.24) is 32.1 Å². The van der Waals surface area contributed by atoms with Crippen molar-refractivity contribution in [2.75, 3.05) is 26.2 Å². The molecule has 182 valence electrons. The molecular weight excluding hydrogens is 411 g/mol. The van der Waals surface area contributed by atoms with Crippen molar-refractivity contribution in [2.45, 2.75) is 94.5 Å². The highest BCUT2D eigenvalue weighted by Crippen LogP contribution is 2.36. The number of hydrogen-bond acceptors (Lipinski definition) is 7. The molecule has 8 nitrogen and oxygen atoms in total. The van der Waals surface area contributed by atoms with Gasteiger partial charge in [0.1, 0.15) is 6.17 Å². The van der Waals surface area contributed by atoms with Gasteiger partial charge in [0.05, 0.1) is 31.1 Å². The van der Waals surface area contributed by atoms with E-state index >= 15 is 0 Å². The molecule has 3 saturated heterocycles. The van der Waals surface area contributed by atoms with E-state index in [2.05, 4.69) is 32.1 Å². The Labute approximate surface area is 190 Å². The predicted molar refractivity (Wildman–Crippen MR) is 120 cm³/mol. The minimum absolute atomic E-state index is 0.0152. The minimum atomic E-state index is -0.745. The van der Waals surface area contributed by atoms with Crippen LogP contribution in [0.4, 0.5) is 4.39 Å². The van der Waals surface area contributed by atoms with Crippen molar-refractivity contribution in [1.29, 1.82) is 0 Å². The number of piperidine rings is 1. The number of nitrogens with one attached hydrogen (secondary N) is 6. The molecule has 0 aromatic rings. The monoisotopic (exact) mass is 452 g/mol. The molecule has 0 aromatic heterocycles. The Bertz CT molecular complexity index is 636. The van der Waals surface area contributed by atoms with Gasteiger partial charge in [0.15, 0.2) is 0 Å². The zero-order chi connectivity index (χ0) is 21.9. The maximum absolute atomic E-state index is 13.7. The lowest BCUT2D eigenvalue weighted by Crippen LogP contribution is -2.50. The third-order valence-corrected chi connectivity index (χ3v) is 8.42. The number of alkyl halides is 1. The van der Waals surface area contributed by atoms with E-state index in [1.54, 1.807) is 0 Å². The summed E-state index contributed by atoms with van der Waals surface area (Å²) in [4.78, 5) is 13.0. The van der Waals surface area contributed by atoms with Crippen LogP contribution in [0.25, 0.3) is 0 Å². The highest BCUT2D eigenvalue weighted by Gasteiger charge is 2.43. The number of ether oxygens (including phenoxy) is 1. The first-order valence-electron chi connectivity index (χ1n) is 12.9. The van der Waals surface area contributed by atoms with Crippen molar-refractivity contribution >= 4 is 5.91 Å². The SMILES string of the molecule is O=C(N[C@@H]1COC2CC(F)CCC21)C1CCCC(NCC2NNC(C3CCNCC3)N2)C1. The van der Waals surface area contributed by atoms with E-state index in [1.165, 1.54) is 12.8 Å². The highest BCUT2D eigenvalue weighted by molar-refractivity contribution is 5.79. The smallest absolute Gasteiger partial charge is 0.223 e. The number of rotatable bonds is 6. The molecule has 0 bridgehead atoms. The molecule has 3 heterocycles. The van der Waals surface area contributed by atoms with Crippen LogP contribution in [0.1, 0.15) is 57.8 Å². The van der Waals surface area contributed by atoms with E-state index in [0.29, 0.717) is 37.6 Å². The molecule has 9 heteroatoms. The van der Waals surface area contributed by atoms with E-state index in [4.69, 9.17) is 4.74 Å². The molecule has 5 fully saturated rings. The lowest BCUT2D eigenvalue weighted by atomic mass is 9.81. The van der Waals surface area contributed by atoms with Crippen LogP contribution >= 0.6 is 0 Å². The van der Waals surface area contributed by atoms with Crippen LogP contribution in [0.2, 0.25) is 0 Å². The van der Waals surface area contributed by atoms with Crippen LogP contribution in [-0.4, -0.2) is 68.8 Å². The van der Waals surface area contributed by atoms with Gasteiger partial charge in [-0.25, -0.2) is 15.2 Å². The van der Waals surface area contributed by atoms with Crippen molar-refractivity contribution in [3.63, 3.8) is 0 Å². The number of carbonyl (C=O) groups is 1. The summed E-state index contributed by atoms with van der Waals surface area (Å²) in [6, 6.07) is 0.425. The van der Waals surface area contributed by atoms with Gasteiger partial charge in [-0.15, -0.1) is 0 Å². The van der Waals surface area contributed by atoms with Crippen LogP contribution in [0.5, 0.6) is 0 Å². The Kier molecular flexibility index (Phi) is 7.60. The summed E-state index contributed by atoms with van der Waals surface area (Å²) in [5.41, 5.74) is 6.82. The van der Waals surface area contributed by atoms with Gasteiger partial charge in [-0.1, -0.05) is 6.42 Å². The second kappa shape index (κ2) is 10.6. The van der Waals surface area contributed by atoms with Crippen molar-refractivity contribution in [3.8, 4) is 0 Å². The topological polar surface area (TPSA) is 98.5 Å². The van der Waals surface area contributed by atoms with Gasteiger partial charge in [0.2, 0.25) is 5.91 Å². The van der Waals surface area contributed by atoms with Crippen LogP contribution < -0.4 is 32.1 Å². The first kappa shape index (κ1) is 22.9. The molecule has 5 rings (SSSR count). The lowest BCUT2D eigenvalue weighted by molar-refractivity contribution is -0.127. The molecule has 3 aliphatic heterocycles. The number of hydrogen-bond donors (Lipinski definition) is 6. The summed E-state index contributed by atoms with van der Waals surface area (Å²) < 4.78 is 19.5.